The van der Waals surface area contributed by atoms with Crippen molar-refractivity contribution in [2.45, 2.75) is 23.6 Å². The fraction of sp³-hybridized carbons (Fsp3) is 0.818. The number of nitrogens with one attached hydrogen (secondary N) is 1. The summed E-state index contributed by atoms with van der Waals surface area (Å²) in [5.41, 5.74) is -1.33. The number of hydrogen-bond donors (Lipinski definition) is 2. The van der Waals surface area contributed by atoms with Gasteiger partial charge in [-0.25, -0.2) is 13.2 Å². The van der Waals surface area contributed by atoms with E-state index >= 15 is 0 Å². The lowest BCUT2D eigenvalue weighted by Crippen LogP contribution is -2.55. The number of aliphatic carboxylic acids is 1. The van der Waals surface area contributed by atoms with E-state index in [0.717, 1.165) is 0 Å². The summed E-state index contributed by atoms with van der Waals surface area (Å²) >= 11 is 1.26. The number of amides is 1. The largest absolute Gasteiger partial charge is 0.479 e. The van der Waals surface area contributed by atoms with Crippen molar-refractivity contribution >= 4 is 33.5 Å². The first-order chi connectivity index (χ1) is 9.33. The zero-order valence-electron chi connectivity index (χ0n) is 10.8. The summed E-state index contributed by atoms with van der Waals surface area (Å²) in [6.45, 7) is 0.275. The Morgan fingerprint density at radius 2 is 2.20 bits per heavy atom. The Morgan fingerprint density at radius 3 is 2.70 bits per heavy atom. The van der Waals surface area contributed by atoms with E-state index in [-0.39, 0.29) is 35.5 Å². The summed E-state index contributed by atoms with van der Waals surface area (Å²) in [5.74, 6) is -1.17. The molecule has 2 unspecified atom stereocenters. The van der Waals surface area contributed by atoms with Crippen LogP contribution in [0.5, 0.6) is 0 Å². The lowest BCUT2D eigenvalue weighted by atomic mass is 9.99. The second-order valence-corrected chi connectivity index (χ2v) is 8.59. The SMILES string of the molecule is O=C(CSC1CCS(=O)(=O)C1)NC1(C(=O)O)CCOC1. The summed E-state index contributed by atoms with van der Waals surface area (Å²) in [7, 11) is -2.96. The van der Waals surface area contributed by atoms with Crippen molar-refractivity contribution in [1.82, 2.24) is 5.32 Å². The lowest BCUT2D eigenvalue weighted by molar-refractivity contribution is -0.147. The van der Waals surface area contributed by atoms with Crippen molar-refractivity contribution in [2.75, 3.05) is 30.5 Å². The minimum absolute atomic E-state index is 0.0312. The maximum absolute atomic E-state index is 11.8. The molecule has 2 aliphatic rings. The van der Waals surface area contributed by atoms with Crippen LogP contribution in [0.15, 0.2) is 0 Å². The molecule has 0 radical (unpaired) electrons. The van der Waals surface area contributed by atoms with Gasteiger partial charge in [-0.05, 0) is 6.42 Å². The van der Waals surface area contributed by atoms with Crippen LogP contribution < -0.4 is 5.32 Å². The molecule has 0 saturated carbocycles. The van der Waals surface area contributed by atoms with Crippen LogP contribution >= 0.6 is 11.8 Å². The number of rotatable bonds is 5. The molecular formula is C11H17NO6S2. The Balaban J connectivity index is 1.82. The molecule has 2 aliphatic heterocycles. The molecule has 2 fully saturated rings. The number of carbonyl (C=O) groups excluding carboxylic acids is 1. The normalized spacial score (nSPS) is 32.1. The highest BCUT2D eigenvalue weighted by atomic mass is 32.2. The maximum Gasteiger partial charge on any atom is 0.331 e. The average Bonchev–Trinajstić information content (AvgIpc) is 2.94. The Hall–Kier alpha value is -0.800. The van der Waals surface area contributed by atoms with Gasteiger partial charge in [-0.1, -0.05) is 0 Å². The van der Waals surface area contributed by atoms with Crippen LogP contribution in [0.1, 0.15) is 12.8 Å². The molecule has 0 bridgehead atoms. The van der Waals surface area contributed by atoms with Crippen molar-refractivity contribution < 1.29 is 27.9 Å². The van der Waals surface area contributed by atoms with E-state index in [0.29, 0.717) is 13.0 Å². The van der Waals surface area contributed by atoms with Gasteiger partial charge >= 0.3 is 5.97 Å². The van der Waals surface area contributed by atoms with Crippen molar-refractivity contribution in [2.24, 2.45) is 0 Å². The van der Waals surface area contributed by atoms with Crippen molar-refractivity contribution in [1.29, 1.82) is 0 Å². The highest BCUT2D eigenvalue weighted by molar-refractivity contribution is 8.02. The highest BCUT2D eigenvalue weighted by Gasteiger charge is 2.44. The Bertz CT molecular complexity index is 497. The molecule has 114 valence electrons. The molecule has 0 aliphatic carbocycles. The van der Waals surface area contributed by atoms with Crippen molar-refractivity contribution in [3.63, 3.8) is 0 Å². The summed E-state index contributed by atoms with van der Waals surface area (Å²) in [5, 5.41) is 11.6. The summed E-state index contributed by atoms with van der Waals surface area (Å²) in [6.07, 6.45) is 0.796. The minimum atomic E-state index is -2.96. The molecule has 9 heteroatoms. The number of thioether (sulfide) groups is 1. The van der Waals surface area contributed by atoms with Gasteiger partial charge < -0.3 is 15.2 Å². The smallest absolute Gasteiger partial charge is 0.331 e. The van der Waals surface area contributed by atoms with Gasteiger partial charge in [0.05, 0.1) is 23.9 Å². The summed E-state index contributed by atoms with van der Waals surface area (Å²) in [6, 6.07) is 0. The molecule has 0 aromatic heterocycles. The van der Waals surface area contributed by atoms with Gasteiger partial charge in [0, 0.05) is 18.3 Å². The van der Waals surface area contributed by atoms with E-state index in [2.05, 4.69) is 5.32 Å². The van der Waals surface area contributed by atoms with E-state index in [4.69, 9.17) is 4.74 Å². The average molecular weight is 323 g/mol. The fourth-order valence-corrected chi connectivity index (χ4v) is 5.72. The van der Waals surface area contributed by atoms with Crippen LogP contribution in [0, 0.1) is 0 Å². The van der Waals surface area contributed by atoms with Gasteiger partial charge in [-0.3, -0.25) is 4.79 Å². The molecular weight excluding hydrogens is 306 g/mol. The third-order valence-electron chi connectivity index (χ3n) is 3.45. The number of hydrogen-bond acceptors (Lipinski definition) is 6. The monoisotopic (exact) mass is 323 g/mol. The minimum Gasteiger partial charge on any atom is -0.479 e. The Labute approximate surface area is 121 Å². The van der Waals surface area contributed by atoms with Crippen molar-refractivity contribution in [3.05, 3.63) is 0 Å². The molecule has 2 N–H and O–H groups in total. The molecule has 20 heavy (non-hydrogen) atoms. The van der Waals surface area contributed by atoms with Crippen LogP contribution in [0.4, 0.5) is 0 Å². The van der Waals surface area contributed by atoms with Gasteiger partial charge in [0.1, 0.15) is 0 Å². The molecule has 2 heterocycles. The third-order valence-corrected chi connectivity index (χ3v) is 6.73. The molecule has 0 aromatic carbocycles. The number of sulfone groups is 1. The van der Waals surface area contributed by atoms with E-state index in [1.807, 2.05) is 0 Å². The maximum atomic E-state index is 11.8. The van der Waals surface area contributed by atoms with E-state index in [9.17, 15) is 23.1 Å². The summed E-state index contributed by atoms with van der Waals surface area (Å²) < 4.78 is 27.6. The second-order valence-electron chi connectivity index (χ2n) is 5.07. The van der Waals surface area contributed by atoms with Crippen LogP contribution in [-0.2, 0) is 24.2 Å². The predicted molar refractivity (Wildman–Crippen MR) is 73.5 cm³/mol. The second kappa shape index (κ2) is 5.90. The Morgan fingerprint density at radius 1 is 1.45 bits per heavy atom. The van der Waals surface area contributed by atoms with Crippen LogP contribution in [-0.4, -0.2) is 66.7 Å². The summed E-state index contributed by atoms with van der Waals surface area (Å²) in [4.78, 5) is 23.1. The zero-order valence-corrected chi connectivity index (χ0v) is 12.5. The van der Waals surface area contributed by atoms with Gasteiger partial charge in [0.2, 0.25) is 5.91 Å². The number of ether oxygens (including phenoxy) is 1. The van der Waals surface area contributed by atoms with E-state index < -0.39 is 27.3 Å². The van der Waals surface area contributed by atoms with Crippen molar-refractivity contribution in [3.8, 4) is 0 Å². The first-order valence-electron chi connectivity index (χ1n) is 6.27. The standard InChI is InChI=1S/C11H17NO6S2/c13-9(5-19-8-1-4-20(16,17)6-8)12-11(10(14)15)2-3-18-7-11/h8H,1-7H2,(H,12,13)(H,14,15). The first kappa shape index (κ1) is 15.6. The Kier molecular flexibility index (Phi) is 4.60. The molecule has 2 rings (SSSR count). The van der Waals surface area contributed by atoms with E-state index in [1.165, 1.54) is 11.8 Å². The number of carbonyl (C=O) groups is 2. The van der Waals surface area contributed by atoms with Gasteiger partial charge in [0.25, 0.3) is 0 Å². The molecule has 2 saturated heterocycles. The van der Waals surface area contributed by atoms with Crippen LogP contribution in [0.25, 0.3) is 0 Å². The topological polar surface area (TPSA) is 110 Å². The van der Waals surface area contributed by atoms with Crippen LogP contribution in [0.3, 0.4) is 0 Å². The zero-order chi connectivity index (χ0) is 14.8. The highest BCUT2D eigenvalue weighted by Crippen LogP contribution is 2.25. The third kappa shape index (κ3) is 3.64. The molecule has 1 amide bonds. The first-order valence-corrected chi connectivity index (χ1v) is 9.14. The lowest BCUT2D eigenvalue weighted by Gasteiger charge is -2.23. The molecule has 7 nitrogen and oxygen atoms in total. The van der Waals surface area contributed by atoms with Gasteiger partial charge in [-0.2, -0.15) is 0 Å². The molecule has 0 aromatic rings. The predicted octanol–water partition coefficient (Wildman–Crippen LogP) is -0.733. The molecule has 0 spiro atoms. The van der Waals surface area contributed by atoms with Crippen LogP contribution in [0.2, 0.25) is 0 Å². The molecule has 2 atom stereocenters. The number of carboxylic acids is 1. The number of carboxylic acid groups (broad SMARTS) is 1. The van der Waals surface area contributed by atoms with Gasteiger partial charge in [0.15, 0.2) is 15.4 Å². The van der Waals surface area contributed by atoms with E-state index in [1.54, 1.807) is 0 Å². The fourth-order valence-electron chi connectivity index (χ4n) is 2.27. The quantitative estimate of drug-likeness (QED) is 0.686. The van der Waals surface area contributed by atoms with Gasteiger partial charge in [-0.15, -0.1) is 11.8 Å².